The number of carbonyl (C=O) groups excluding carboxylic acids is 2. The molecular formula is C20H21FN2O4. The molecular weight excluding hydrogens is 351 g/mol. The van der Waals surface area contributed by atoms with Crippen molar-refractivity contribution in [2.24, 2.45) is 0 Å². The van der Waals surface area contributed by atoms with E-state index in [9.17, 15) is 14.0 Å². The van der Waals surface area contributed by atoms with Crippen LogP contribution in [0.2, 0.25) is 0 Å². The molecule has 1 atom stereocenters. The second-order valence-electron chi connectivity index (χ2n) is 6.18. The Bertz CT molecular complexity index is 823. The molecule has 7 heteroatoms. The zero-order chi connectivity index (χ0) is 19.4. The van der Waals surface area contributed by atoms with Gasteiger partial charge >= 0.3 is 6.03 Å². The first-order valence-electron chi connectivity index (χ1n) is 8.67. The molecule has 0 aromatic heterocycles. The first-order chi connectivity index (χ1) is 13.0. The van der Waals surface area contributed by atoms with Crippen LogP contribution in [-0.4, -0.2) is 37.1 Å². The van der Waals surface area contributed by atoms with E-state index in [4.69, 9.17) is 9.47 Å². The van der Waals surface area contributed by atoms with Crippen LogP contribution in [0.25, 0.3) is 0 Å². The van der Waals surface area contributed by atoms with Crippen molar-refractivity contribution in [1.82, 2.24) is 10.2 Å². The first-order valence-corrected chi connectivity index (χ1v) is 8.67. The summed E-state index contributed by atoms with van der Waals surface area (Å²) in [6.07, 6.45) is 0.416. The van der Waals surface area contributed by atoms with Crippen molar-refractivity contribution < 1.29 is 23.5 Å². The molecule has 0 bridgehead atoms. The van der Waals surface area contributed by atoms with E-state index in [1.54, 1.807) is 31.4 Å². The summed E-state index contributed by atoms with van der Waals surface area (Å²) in [5.41, 5.74) is -0.398. The molecule has 0 saturated carbocycles. The predicted octanol–water partition coefficient (Wildman–Crippen LogP) is 3.07. The van der Waals surface area contributed by atoms with Gasteiger partial charge in [0.2, 0.25) is 0 Å². The fraction of sp³-hybridized carbons (Fsp3) is 0.300. The zero-order valence-corrected chi connectivity index (χ0v) is 15.2. The number of hydrogen-bond acceptors (Lipinski definition) is 4. The molecule has 0 radical (unpaired) electrons. The Morgan fingerprint density at radius 2 is 1.67 bits per heavy atom. The molecule has 1 heterocycles. The van der Waals surface area contributed by atoms with Gasteiger partial charge in [-0.2, -0.15) is 0 Å². The van der Waals surface area contributed by atoms with Crippen molar-refractivity contribution in [3.63, 3.8) is 0 Å². The molecule has 1 aliphatic rings. The minimum absolute atomic E-state index is 0.0972. The highest BCUT2D eigenvalue weighted by Gasteiger charge is 2.51. The van der Waals surface area contributed by atoms with Gasteiger partial charge in [-0.25, -0.2) is 9.18 Å². The van der Waals surface area contributed by atoms with E-state index in [2.05, 4.69) is 5.32 Å². The van der Waals surface area contributed by atoms with Crippen molar-refractivity contribution in [2.75, 3.05) is 20.3 Å². The number of carbonyl (C=O) groups is 2. The predicted molar refractivity (Wildman–Crippen MR) is 97.1 cm³/mol. The molecule has 2 aromatic rings. The number of halogens is 1. The fourth-order valence-corrected chi connectivity index (χ4v) is 3.13. The van der Waals surface area contributed by atoms with E-state index in [-0.39, 0.29) is 24.9 Å². The molecule has 6 nitrogen and oxygen atoms in total. The fourth-order valence-electron chi connectivity index (χ4n) is 3.13. The summed E-state index contributed by atoms with van der Waals surface area (Å²) in [5, 5.41) is 2.82. The number of rotatable bonds is 7. The maximum absolute atomic E-state index is 13.0. The Balaban J connectivity index is 1.71. The smallest absolute Gasteiger partial charge is 0.325 e. The molecule has 1 saturated heterocycles. The lowest BCUT2D eigenvalue weighted by Crippen LogP contribution is -2.43. The molecule has 0 aliphatic carbocycles. The van der Waals surface area contributed by atoms with E-state index in [0.29, 0.717) is 23.5 Å². The first kappa shape index (κ1) is 18.7. The highest BCUT2D eigenvalue weighted by Crippen LogP contribution is 2.33. The topological polar surface area (TPSA) is 67.9 Å². The number of imide groups is 1. The molecule has 27 heavy (non-hydrogen) atoms. The second-order valence-corrected chi connectivity index (χ2v) is 6.18. The van der Waals surface area contributed by atoms with Crippen molar-refractivity contribution in [3.05, 3.63) is 59.9 Å². The van der Waals surface area contributed by atoms with Crippen LogP contribution in [0.4, 0.5) is 9.18 Å². The van der Waals surface area contributed by atoms with E-state index in [1.165, 1.54) is 24.3 Å². The molecule has 0 spiro atoms. The van der Waals surface area contributed by atoms with Crippen LogP contribution in [0.1, 0.15) is 18.9 Å². The highest BCUT2D eigenvalue weighted by molar-refractivity contribution is 6.07. The Kier molecular flexibility index (Phi) is 5.30. The van der Waals surface area contributed by atoms with Gasteiger partial charge in [0.25, 0.3) is 5.91 Å². The van der Waals surface area contributed by atoms with Gasteiger partial charge in [0, 0.05) is 0 Å². The van der Waals surface area contributed by atoms with Gasteiger partial charge in [-0.05, 0) is 48.4 Å². The van der Waals surface area contributed by atoms with Crippen LogP contribution in [0.3, 0.4) is 0 Å². The number of urea groups is 1. The third-order valence-electron chi connectivity index (χ3n) is 4.69. The van der Waals surface area contributed by atoms with Gasteiger partial charge in [-0.1, -0.05) is 19.1 Å². The summed E-state index contributed by atoms with van der Waals surface area (Å²) < 4.78 is 23.6. The Morgan fingerprint density at radius 3 is 2.26 bits per heavy atom. The third-order valence-corrected chi connectivity index (χ3v) is 4.69. The van der Waals surface area contributed by atoms with Crippen LogP contribution >= 0.6 is 0 Å². The molecule has 1 aliphatic heterocycles. The molecule has 142 valence electrons. The molecule has 3 rings (SSSR count). The number of benzene rings is 2. The van der Waals surface area contributed by atoms with Crippen molar-refractivity contribution in [1.29, 1.82) is 0 Å². The summed E-state index contributed by atoms with van der Waals surface area (Å²) in [4.78, 5) is 26.6. The summed E-state index contributed by atoms with van der Waals surface area (Å²) in [7, 11) is 1.57. The van der Waals surface area contributed by atoms with Crippen LogP contribution in [0.15, 0.2) is 48.5 Å². The monoisotopic (exact) mass is 372 g/mol. The Hall–Kier alpha value is -3.09. The lowest BCUT2D eigenvalue weighted by molar-refractivity contribution is -0.132. The molecule has 1 N–H and O–H groups in total. The summed E-state index contributed by atoms with van der Waals surface area (Å²) in [6.45, 7) is 2.06. The number of methoxy groups -OCH3 is 1. The van der Waals surface area contributed by atoms with Crippen molar-refractivity contribution >= 4 is 11.9 Å². The SMILES string of the molecule is CC[C@]1(c2ccc(OC)cc2)NC(=O)N(CCOc2ccc(F)cc2)C1=O. The van der Waals surface area contributed by atoms with E-state index < -0.39 is 11.6 Å². The maximum Gasteiger partial charge on any atom is 0.325 e. The van der Waals surface area contributed by atoms with E-state index in [0.717, 1.165) is 4.90 Å². The van der Waals surface area contributed by atoms with E-state index in [1.807, 2.05) is 6.92 Å². The maximum atomic E-state index is 13.0. The van der Waals surface area contributed by atoms with Crippen LogP contribution in [0, 0.1) is 5.82 Å². The lowest BCUT2D eigenvalue weighted by atomic mass is 9.87. The molecule has 1 fully saturated rings. The van der Waals surface area contributed by atoms with Gasteiger partial charge in [-0.15, -0.1) is 0 Å². The average molecular weight is 372 g/mol. The van der Waals surface area contributed by atoms with Gasteiger partial charge in [0.05, 0.1) is 13.7 Å². The van der Waals surface area contributed by atoms with Crippen LogP contribution in [0.5, 0.6) is 11.5 Å². The van der Waals surface area contributed by atoms with Crippen molar-refractivity contribution in [3.8, 4) is 11.5 Å². The lowest BCUT2D eigenvalue weighted by Gasteiger charge is -2.26. The minimum atomic E-state index is -1.10. The second kappa shape index (κ2) is 7.65. The zero-order valence-electron chi connectivity index (χ0n) is 15.2. The quantitative estimate of drug-likeness (QED) is 0.759. The van der Waals surface area contributed by atoms with Crippen molar-refractivity contribution in [2.45, 2.75) is 18.9 Å². The normalized spacial score (nSPS) is 19.1. The highest BCUT2D eigenvalue weighted by atomic mass is 19.1. The molecule has 2 aromatic carbocycles. The largest absolute Gasteiger partial charge is 0.497 e. The van der Waals surface area contributed by atoms with Gasteiger partial charge in [0.15, 0.2) is 0 Å². The number of nitrogens with zero attached hydrogens (tertiary/aromatic N) is 1. The number of ether oxygens (including phenoxy) is 2. The van der Waals surface area contributed by atoms with Gasteiger partial charge in [0.1, 0.15) is 29.5 Å². The van der Waals surface area contributed by atoms with Crippen LogP contribution in [-0.2, 0) is 10.3 Å². The Labute approximate surface area is 156 Å². The standard InChI is InChI=1S/C20H21FN2O4/c1-3-20(14-4-8-16(26-2)9-5-14)18(24)23(19(25)22-20)12-13-27-17-10-6-15(21)7-11-17/h4-11H,3,12-13H2,1-2H3,(H,22,25)/t20-/m1/s1. The number of hydrogen-bond donors (Lipinski definition) is 1. The van der Waals surface area contributed by atoms with Gasteiger partial charge < -0.3 is 14.8 Å². The summed E-state index contributed by atoms with van der Waals surface area (Å²) >= 11 is 0. The van der Waals surface area contributed by atoms with E-state index >= 15 is 0 Å². The van der Waals surface area contributed by atoms with Crippen LogP contribution < -0.4 is 14.8 Å². The minimum Gasteiger partial charge on any atom is -0.497 e. The summed E-state index contributed by atoms with van der Waals surface area (Å²) in [5.74, 6) is 0.471. The molecule has 0 unspecified atom stereocenters. The Morgan fingerprint density at radius 1 is 1.04 bits per heavy atom. The average Bonchev–Trinajstić information content (AvgIpc) is 2.94. The number of nitrogens with one attached hydrogen (secondary N) is 1. The van der Waals surface area contributed by atoms with Gasteiger partial charge in [-0.3, -0.25) is 9.69 Å². The third kappa shape index (κ3) is 3.58. The molecule has 3 amide bonds. The summed E-state index contributed by atoms with van der Waals surface area (Å²) in [6, 6.07) is 12.2. The number of amides is 3.